The second kappa shape index (κ2) is 12.3. The lowest BCUT2D eigenvalue weighted by Crippen LogP contribution is -2.51. The van der Waals surface area contributed by atoms with Gasteiger partial charge in [-0.05, 0) is 74.2 Å². The number of hydrogen-bond acceptors (Lipinski definition) is 5. The van der Waals surface area contributed by atoms with E-state index in [0.717, 1.165) is 41.8 Å². The number of aryl methyl sites for hydroxylation is 1. The minimum absolute atomic E-state index is 0.0348. The van der Waals surface area contributed by atoms with E-state index < -0.39 is 12.0 Å². The molecular formula is C27H34ClFN8O. The third kappa shape index (κ3) is 6.83. The van der Waals surface area contributed by atoms with Crippen LogP contribution in [-0.4, -0.2) is 37.3 Å². The molecule has 2 unspecified atom stereocenters. The van der Waals surface area contributed by atoms with Crippen molar-refractivity contribution in [3.05, 3.63) is 81.8 Å². The second-order valence-electron chi connectivity index (χ2n) is 9.54. The molecule has 2 aliphatic heterocycles. The van der Waals surface area contributed by atoms with Gasteiger partial charge in [0, 0.05) is 42.2 Å². The third-order valence-electron chi connectivity index (χ3n) is 6.33. The van der Waals surface area contributed by atoms with E-state index >= 15 is 0 Å². The maximum absolute atomic E-state index is 15.0. The van der Waals surface area contributed by atoms with Gasteiger partial charge in [0.05, 0.1) is 10.7 Å². The van der Waals surface area contributed by atoms with Gasteiger partial charge in [0.2, 0.25) is 0 Å². The van der Waals surface area contributed by atoms with E-state index in [0.29, 0.717) is 30.8 Å². The number of carbonyl (C=O) groups is 1. The number of fused-ring (bicyclic) bond motifs is 1. The highest BCUT2D eigenvalue weighted by molar-refractivity contribution is 6.31. The lowest BCUT2D eigenvalue weighted by atomic mass is 10.0. The molecule has 0 aliphatic carbocycles. The molecule has 2 aliphatic rings. The summed E-state index contributed by atoms with van der Waals surface area (Å²) >= 11 is 6.20. The molecule has 9 nitrogen and oxygen atoms in total. The minimum atomic E-state index is -0.502. The molecule has 0 fully saturated rings. The topological polar surface area (TPSA) is 147 Å². The molecule has 2 aromatic rings. The normalized spacial score (nSPS) is 17.2. The smallest absolute Gasteiger partial charge is 0.327 e. The van der Waals surface area contributed by atoms with Gasteiger partial charge in [-0.15, -0.1) is 0 Å². The Labute approximate surface area is 227 Å². The lowest BCUT2D eigenvalue weighted by molar-refractivity contribution is 0.244. The maximum atomic E-state index is 15.0. The molecule has 2 atom stereocenters. The van der Waals surface area contributed by atoms with Crippen molar-refractivity contribution in [1.82, 2.24) is 16.0 Å². The van der Waals surface area contributed by atoms with Gasteiger partial charge in [-0.2, -0.15) is 0 Å². The van der Waals surface area contributed by atoms with Gasteiger partial charge in [0.1, 0.15) is 6.17 Å². The van der Waals surface area contributed by atoms with Gasteiger partial charge < -0.3 is 33.2 Å². The minimum Gasteiger partial charge on any atom is -0.370 e. The monoisotopic (exact) mass is 540 g/mol. The molecule has 38 heavy (non-hydrogen) atoms. The van der Waals surface area contributed by atoms with Crippen LogP contribution in [0.2, 0.25) is 5.02 Å². The van der Waals surface area contributed by atoms with Gasteiger partial charge in [-0.25, -0.2) is 9.18 Å². The Balaban J connectivity index is 1.44. The third-order valence-corrected chi connectivity index (χ3v) is 6.60. The number of urea groups is 1. The molecule has 202 valence electrons. The Morgan fingerprint density at radius 2 is 1.97 bits per heavy atom. The summed E-state index contributed by atoms with van der Waals surface area (Å²) in [6.45, 7) is 3.98. The second-order valence-corrected chi connectivity index (χ2v) is 9.95. The summed E-state index contributed by atoms with van der Waals surface area (Å²) in [4.78, 5) is 18.4. The number of halogens is 2. The van der Waals surface area contributed by atoms with Crippen molar-refractivity contribution in [2.24, 2.45) is 22.2 Å². The standard InChI is InChI=1S/C27H34ClFN8O/c1-16(30)3-4-18-11-21(24(29)22(28)12-18)23-13-19-15-37(27(38)36-25(19)35-23)20-7-5-17(6-8-20)14-33-9-2-10-34-26(31)32/h5-8,11-13,15-16,25,33,35H,2-4,9-10,14,30H2,1H3,(H,36,38)(H4,31,32,34). The molecule has 2 heterocycles. The first-order chi connectivity index (χ1) is 18.2. The van der Waals surface area contributed by atoms with Crippen LogP contribution in [-0.2, 0) is 13.0 Å². The average molecular weight is 541 g/mol. The van der Waals surface area contributed by atoms with Crippen molar-refractivity contribution in [3.63, 3.8) is 0 Å². The molecule has 0 radical (unpaired) electrons. The zero-order chi connectivity index (χ0) is 27.2. The zero-order valence-corrected chi connectivity index (χ0v) is 22.1. The van der Waals surface area contributed by atoms with E-state index in [-0.39, 0.29) is 23.1 Å². The first-order valence-corrected chi connectivity index (χ1v) is 13.0. The van der Waals surface area contributed by atoms with Gasteiger partial charge in [-0.1, -0.05) is 23.7 Å². The molecule has 9 N–H and O–H groups in total. The summed E-state index contributed by atoms with van der Waals surface area (Å²) in [5, 5.41) is 9.54. The van der Waals surface area contributed by atoms with Crippen molar-refractivity contribution < 1.29 is 9.18 Å². The number of benzene rings is 2. The predicted octanol–water partition coefficient (Wildman–Crippen LogP) is 2.90. The van der Waals surface area contributed by atoms with Crippen LogP contribution in [0.25, 0.3) is 5.70 Å². The van der Waals surface area contributed by atoms with E-state index in [1.54, 1.807) is 23.2 Å². The highest BCUT2D eigenvalue weighted by atomic mass is 35.5. The van der Waals surface area contributed by atoms with Gasteiger partial charge in [0.15, 0.2) is 11.8 Å². The van der Waals surface area contributed by atoms with Crippen molar-refractivity contribution in [3.8, 4) is 0 Å². The maximum Gasteiger partial charge on any atom is 0.327 e. The van der Waals surface area contributed by atoms with Gasteiger partial charge in [0.25, 0.3) is 0 Å². The SMILES string of the molecule is CC(N)CCc1cc(Cl)c(F)c(C2=CC3=CN(c4ccc(CNCCCN=C(N)N)cc4)C(=O)NC3N2)c1. The molecular weight excluding hydrogens is 507 g/mol. The number of amides is 2. The van der Waals surface area contributed by atoms with Crippen LogP contribution in [0.1, 0.15) is 36.5 Å². The summed E-state index contributed by atoms with van der Waals surface area (Å²) in [5.74, 6) is -0.402. The average Bonchev–Trinajstić information content (AvgIpc) is 3.29. The highest BCUT2D eigenvalue weighted by Crippen LogP contribution is 2.32. The summed E-state index contributed by atoms with van der Waals surface area (Å²) in [6, 6.07) is 10.9. The van der Waals surface area contributed by atoms with Crippen molar-refractivity contribution >= 4 is 35.0 Å². The molecule has 11 heteroatoms. The Kier molecular flexibility index (Phi) is 8.88. The van der Waals surface area contributed by atoms with Crippen LogP contribution < -0.4 is 38.1 Å². The van der Waals surface area contributed by atoms with Crippen molar-refractivity contribution in [1.29, 1.82) is 0 Å². The van der Waals surface area contributed by atoms with Crippen molar-refractivity contribution in [2.45, 2.75) is 44.9 Å². The largest absolute Gasteiger partial charge is 0.370 e. The number of aliphatic imine (C=N–C) groups is 1. The summed E-state index contributed by atoms with van der Waals surface area (Å²) in [6.07, 6.45) is 5.43. The molecule has 0 aromatic heterocycles. The lowest BCUT2D eigenvalue weighted by Gasteiger charge is -2.29. The number of nitrogens with one attached hydrogen (secondary N) is 3. The first kappa shape index (κ1) is 27.4. The van der Waals surface area contributed by atoms with E-state index in [4.69, 9.17) is 28.8 Å². The Hall–Kier alpha value is -3.60. The van der Waals surface area contributed by atoms with Gasteiger partial charge in [-0.3, -0.25) is 9.89 Å². The molecule has 4 rings (SSSR count). The quantitative estimate of drug-likeness (QED) is 0.147. The van der Waals surface area contributed by atoms with Crippen LogP contribution in [0.3, 0.4) is 0 Å². The molecule has 0 bridgehead atoms. The molecule has 2 aromatic carbocycles. The summed E-state index contributed by atoms with van der Waals surface area (Å²) in [7, 11) is 0. The number of hydrogen-bond donors (Lipinski definition) is 6. The van der Waals surface area contributed by atoms with Crippen LogP contribution in [0, 0.1) is 5.82 Å². The van der Waals surface area contributed by atoms with Crippen LogP contribution in [0.15, 0.2) is 59.2 Å². The fourth-order valence-corrected chi connectivity index (χ4v) is 4.55. The molecule has 0 saturated heterocycles. The van der Waals surface area contributed by atoms with Gasteiger partial charge >= 0.3 is 6.03 Å². The van der Waals surface area contributed by atoms with E-state index in [9.17, 15) is 9.18 Å². The molecule has 0 spiro atoms. The number of rotatable bonds is 11. The number of anilines is 1. The fraction of sp³-hybridized carbons (Fsp3) is 0.333. The highest BCUT2D eigenvalue weighted by Gasteiger charge is 2.32. The Morgan fingerprint density at radius 1 is 1.21 bits per heavy atom. The van der Waals surface area contributed by atoms with E-state index in [1.807, 2.05) is 37.3 Å². The van der Waals surface area contributed by atoms with Crippen LogP contribution in [0.5, 0.6) is 0 Å². The van der Waals surface area contributed by atoms with E-state index in [1.165, 1.54) is 0 Å². The number of carbonyl (C=O) groups excluding carboxylic acids is 1. The zero-order valence-electron chi connectivity index (χ0n) is 21.3. The first-order valence-electron chi connectivity index (χ1n) is 12.6. The van der Waals surface area contributed by atoms with Crippen molar-refractivity contribution in [2.75, 3.05) is 18.0 Å². The number of guanidine groups is 1. The number of nitrogens with zero attached hydrogens (tertiary/aromatic N) is 2. The van der Waals surface area contributed by atoms with Crippen LogP contribution >= 0.6 is 11.6 Å². The predicted molar refractivity (Wildman–Crippen MR) is 151 cm³/mol. The Bertz CT molecular complexity index is 1250. The Morgan fingerprint density at radius 3 is 2.68 bits per heavy atom. The summed E-state index contributed by atoms with van der Waals surface area (Å²) < 4.78 is 15.0. The fourth-order valence-electron chi connectivity index (χ4n) is 4.31. The summed E-state index contributed by atoms with van der Waals surface area (Å²) in [5.41, 5.74) is 21.0. The number of nitrogens with two attached hydrogens (primary N) is 3. The van der Waals surface area contributed by atoms with Crippen LogP contribution in [0.4, 0.5) is 14.9 Å². The molecule has 2 amide bonds. The van der Waals surface area contributed by atoms with E-state index in [2.05, 4.69) is 20.9 Å². The molecule has 0 saturated carbocycles.